The molecular formula is C33H41N3O7. The normalized spacial score (nSPS) is 11.8. The fraction of sp³-hybridized carbons (Fsp3) is 0.394. The van der Waals surface area contributed by atoms with E-state index in [0.717, 1.165) is 29.9 Å². The molecule has 0 fully saturated rings. The van der Waals surface area contributed by atoms with Crippen molar-refractivity contribution in [3.63, 3.8) is 0 Å². The van der Waals surface area contributed by atoms with Crippen molar-refractivity contribution in [3.05, 3.63) is 83.6 Å². The third kappa shape index (κ3) is 11.1. The molecule has 230 valence electrons. The van der Waals surface area contributed by atoms with Crippen molar-refractivity contribution >= 4 is 24.2 Å². The molecule has 3 amide bonds. The molecule has 0 radical (unpaired) electrons. The number of ether oxygens (including phenoxy) is 1. The molecule has 10 nitrogen and oxygen atoms in total. The molecule has 1 atom stereocenters. The highest BCUT2D eigenvalue weighted by atomic mass is 16.7. The van der Waals surface area contributed by atoms with E-state index < -0.39 is 23.4 Å². The fourth-order valence-corrected chi connectivity index (χ4v) is 4.22. The Balaban J connectivity index is 1.55. The van der Waals surface area contributed by atoms with Crippen molar-refractivity contribution in [1.29, 1.82) is 0 Å². The predicted octanol–water partition coefficient (Wildman–Crippen LogP) is 5.49. The Bertz CT molecular complexity index is 1350. The number of carbonyl (C=O) groups is 4. The molecule has 0 aliphatic rings. The van der Waals surface area contributed by atoms with Gasteiger partial charge in [-0.2, -0.15) is 0 Å². The molecule has 0 saturated carbocycles. The van der Waals surface area contributed by atoms with E-state index >= 15 is 0 Å². The van der Waals surface area contributed by atoms with Gasteiger partial charge in [-0.15, -0.1) is 0 Å². The van der Waals surface area contributed by atoms with Crippen molar-refractivity contribution in [2.45, 2.75) is 65.6 Å². The van der Waals surface area contributed by atoms with Gasteiger partial charge in [0, 0.05) is 5.56 Å². The van der Waals surface area contributed by atoms with Gasteiger partial charge in [0.15, 0.2) is 5.76 Å². The second-order valence-corrected chi connectivity index (χ2v) is 11.1. The van der Waals surface area contributed by atoms with Crippen LogP contribution in [0.2, 0.25) is 0 Å². The van der Waals surface area contributed by atoms with Crippen LogP contribution in [0.25, 0.3) is 11.3 Å². The zero-order valence-electron chi connectivity index (χ0n) is 25.3. The van der Waals surface area contributed by atoms with Gasteiger partial charge in [-0.05, 0) is 57.0 Å². The number of amides is 3. The largest absolute Gasteiger partial charge is 0.456 e. The van der Waals surface area contributed by atoms with Gasteiger partial charge in [0.25, 0.3) is 5.91 Å². The lowest BCUT2D eigenvalue weighted by atomic mass is 10.0. The Kier molecular flexibility index (Phi) is 12.5. The summed E-state index contributed by atoms with van der Waals surface area (Å²) in [6.07, 6.45) is 3.90. The van der Waals surface area contributed by atoms with Crippen molar-refractivity contribution in [2.75, 3.05) is 13.2 Å². The van der Waals surface area contributed by atoms with Gasteiger partial charge >= 0.3 is 5.97 Å². The first-order valence-corrected chi connectivity index (χ1v) is 14.5. The number of hydrogen-bond acceptors (Lipinski definition) is 7. The molecule has 0 bridgehead atoms. The molecular weight excluding hydrogens is 550 g/mol. The van der Waals surface area contributed by atoms with E-state index in [0.29, 0.717) is 29.7 Å². The summed E-state index contributed by atoms with van der Waals surface area (Å²) in [7, 11) is 0. The number of hydrogen-bond donors (Lipinski definition) is 2. The summed E-state index contributed by atoms with van der Waals surface area (Å²) in [5.74, 6) is -1.34. The summed E-state index contributed by atoms with van der Waals surface area (Å²) in [4.78, 5) is 55.5. The number of rotatable bonds is 16. The molecule has 1 aromatic heterocycles. The number of carbonyl (C=O) groups excluding carboxylic acids is 4. The Morgan fingerprint density at radius 3 is 2.44 bits per heavy atom. The molecule has 43 heavy (non-hydrogen) atoms. The summed E-state index contributed by atoms with van der Waals surface area (Å²) in [6.45, 7) is 7.62. The number of unbranched alkanes of at least 4 members (excludes halogenated alkanes) is 2. The molecule has 0 aliphatic heterocycles. The molecule has 3 aromatic rings. The first-order valence-electron chi connectivity index (χ1n) is 14.5. The topological polar surface area (TPSA) is 127 Å². The third-order valence-corrected chi connectivity index (χ3v) is 6.41. The van der Waals surface area contributed by atoms with E-state index in [2.05, 4.69) is 17.6 Å². The number of nitrogens with zero attached hydrogens (tertiary/aromatic N) is 1. The second-order valence-electron chi connectivity index (χ2n) is 11.1. The van der Waals surface area contributed by atoms with Crippen LogP contribution in [0.15, 0.2) is 71.1 Å². The van der Waals surface area contributed by atoms with Crippen LogP contribution in [-0.2, 0) is 25.8 Å². The SMILES string of the molecule is CCCCCC(CN(C=O)OCc1ccccc1)C(=O)NCNC(=O)c1ccc(-c2cccc(C(=O)OC(C)(C)C)c2)o1. The summed E-state index contributed by atoms with van der Waals surface area (Å²) in [6, 6.07) is 19.4. The van der Waals surface area contributed by atoms with Crippen LogP contribution in [0.3, 0.4) is 0 Å². The smallest absolute Gasteiger partial charge is 0.338 e. The Morgan fingerprint density at radius 1 is 0.977 bits per heavy atom. The first kappa shape index (κ1) is 33.1. The third-order valence-electron chi connectivity index (χ3n) is 6.41. The highest BCUT2D eigenvalue weighted by molar-refractivity contribution is 5.93. The van der Waals surface area contributed by atoms with E-state index in [-0.39, 0.29) is 31.5 Å². The number of nitrogens with one attached hydrogen (secondary N) is 2. The van der Waals surface area contributed by atoms with Gasteiger partial charge in [-0.1, -0.05) is 68.7 Å². The van der Waals surface area contributed by atoms with Gasteiger partial charge in [-0.25, -0.2) is 9.86 Å². The van der Waals surface area contributed by atoms with Crippen molar-refractivity contribution < 1.29 is 33.2 Å². The highest BCUT2D eigenvalue weighted by Crippen LogP contribution is 2.24. The van der Waals surface area contributed by atoms with Crippen LogP contribution in [-0.4, -0.2) is 48.1 Å². The lowest BCUT2D eigenvalue weighted by Gasteiger charge is -2.23. The molecule has 1 heterocycles. The standard InChI is InChI=1S/C33H41N3O7/c1-5-6-8-14-27(20-36(23-37)41-21-24-12-9-7-10-13-24)30(38)34-22-35-31(39)29-18-17-28(42-29)25-15-11-16-26(19-25)32(40)43-33(2,3)4/h7,9-13,15-19,23,27H,5-6,8,14,20-22H2,1-4H3,(H,34,38)(H,35,39). The monoisotopic (exact) mass is 591 g/mol. The molecule has 1 unspecified atom stereocenters. The lowest BCUT2D eigenvalue weighted by molar-refractivity contribution is -0.182. The van der Waals surface area contributed by atoms with E-state index in [1.165, 1.54) is 6.07 Å². The first-order chi connectivity index (χ1) is 20.6. The number of esters is 1. The zero-order valence-corrected chi connectivity index (χ0v) is 25.3. The summed E-state index contributed by atoms with van der Waals surface area (Å²) in [5, 5.41) is 6.50. The highest BCUT2D eigenvalue weighted by Gasteiger charge is 2.23. The summed E-state index contributed by atoms with van der Waals surface area (Å²) in [5.41, 5.74) is 1.25. The Morgan fingerprint density at radius 2 is 1.74 bits per heavy atom. The number of hydroxylamine groups is 2. The number of benzene rings is 2. The van der Waals surface area contributed by atoms with Crippen molar-refractivity contribution in [3.8, 4) is 11.3 Å². The fourth-order valence-electron chi connectivity index (χ4n) is 4.22. The van der Waals surface area contributed by atoms with Crippen molar-refractivity contribution in [2.24, 2.45) is 5.92 Å². The maximum absolute atomic E-state index is 13.0. The minimum Gasteiger partial charge on any atom is -0.456 e. The van der Waals surface area contributed by atoms with Gasteiger partial charge in [0.1, 0.15) is 18.0 Å². The summed E-state index contributed by atoms with van der Waals surface area (Å²) >= 11 is 0. The van der Waals surface area contributed by atoms with Gasteiger partial charge in [-0.3, -0.25) is 19.2 Å². The minimum absolute atomic E-state index is 0.0489. The Hall–Kier alpha value is -4.44. The van der Waals surface area contributed by atoms with E-state index in [9.17, 15) is 19.2 Å². The molecule has 0 spiro atoms. The molecule has 2 aromatic carbocycles. The van der Waals surface area contributed by atoms with E-state index in [1.54, 1.807) is 51.1 Å². The van der Waals surface area contributed by atoms with Gasteiger partial charge < -0.3 is 19.8 Å². The molecule has 3 rings (SSSR count). The maximum Gasteiger partial charge on any atom is 0.338 e. The van der Waals surface area contributed by atoms with Crippen LogP contribution >= 0.6 is 0 Å². The van der Waals surface area contributed by atoms with Crippen LogP contribution < -0.4 is 10.6 Å². The van der Waals surface area contributed by atoms with Crippen LogP contribution in [0.1, 0.15) is 79.9 Å². The second kappa shape index (κ2) is 16.3. The quantitative estimate of drug-likeness (QED) is 0.0741. The van der Waals surface area contributed by atoms with Crippen molar-refractivity contribution in [1.82, 2.24) is 15.7 Å². The Labute approximate surface area is 252 Å². The maximum atomic E-state index is 13.0. The molecule has 10 heteroatoms. The van der Waals surface area contributed by atoms with Gasteiger partial charge in [0.2, 0.25) is 12.3 Å². The van der Waals surface area contributed by atoms with Crippen LogP contribution in [0.4, 0.5) is 0 Å². The van der Waals surface area contributed by atoms with Crippen LogP contribution in [0, 0.1) is 5.92 Å². The molecule has 0 saturated heterocycles. The average Bonchev–Trinajstić information content (AvgIpc) is 3.49. The number of furan rings is 1. The zero-order chi connectivity index (χ0) is 31.2. The van der Waals surface area contributed by atoms with E-state index in [4.69, 9.17) is 14.0 Å². The van der Waals surface area contributed by atoms with Gasteiger partial charge in [0.05, 0.1) is 24.7 Å². The minimum atomic E-state index is -0.627. The summed E-state index contributed by atoms with van der Waals surface area (Å²) < 4.78 is 11.2. The average molecular weight is 592 g/mol. The lowest BCUT2D eigenvalue weighted by Crippen LogP contribution is -2.43. The predicted molar refractivity (Wildman–Crippen MR) is 161 cm³/mol. The molecule has 0 aliphatic carbocycles. The van der Waals surface area contributed by atoms with E-state index in [1.807, 2.05) is 30.3 Å². The molecule has 2 N–H and O–H groups in total. The van der Waals surface area contributed by atoms with Crippen LogP contribution in [0.5, 0.6) is 0 Å².